The second kappa shape index (κ2) is 8.73. The second-order valence-electron chi connectivity index (χ2n) is 7.18. The summed E-state index contributed by atoms with van der Waals surface area (Å²) in [6.07, 6.45) is 1.74. The van der Waals surface area contributed by atoms with Gasteiger partial charge in [-0.1, -0.05) is 46.6 Å². The summed E-state index contributed by atoms with van der Waals surface area (Å²) in [5, 5.41) is 9.35. The minimum Gasteiger partial charge on any atom is -0.486 e. The van der Waals surface area contributed by atoms with Crippen molar-refractivity contribution in [2.75, 3.05) is 25.1 Å². The van der Waals surface area contributed by atoms with Crippen LogP contribution in [0.25, 0.3) is 22.1 Å². The molecular weight excluding hydrogens is 449 g/mol. The first-order valence-corrected chi connectivity index (χ1v) is 10.9. The van der Waals surface area contributed by atoms with Crippen molar-refractivity contribution in [1.29, 1.82) is 0 Å². The van der Waals surface area contributed by atoms with Crippen molar-refractivity contribution in [3.8, 4) is 22.6 Å². The van der Waals surface area contributed by atoms with Gasteiger partial charge in [-0.15, -0.1) is 0 Å². The van der Waals surface area contributed by atoms with Crippen molar-refractivity contribution >= 4 is 51.9 Å². The number of fused-ring (bicyclic) bond motifs is 2. The number of aliphatic imine (C=N–C) groups is 1. The Labute approximate surface area is 194 Å². The van der Waals surface area contributed by atoms with Crippen LogP contribution in [0.1, 0.15) is 12.5 Å². The summed E-state index contributed by atoms with van der Waals surface area (Å²) in [6.45, 7) is 3.72. The molecule has 5 rings (SSSR count). The summed E-state index contributed by atoms with van der Waals surface area (Å²) >= 11 is 13.1. The van der Waals surface area contributed by atoms with Gasteiger partial charge in [0.25, 0.3) is 0 Å². The zero-order valence-electron chi connectivity index (χ0n) is 17.2. The summed E-state index contributed by atoms with van der Waals surface area (Å²) in [4.78, 5) is 4.28. The van der Waals surface area contributed by atoms with Gasteiger partial charge in [-0.25, -0.2) is 0 Å². The average Bonchev–Trinajstić information content (AvgIpc) is 3.19. The number of hydrogen-bond donors (Lipinski definition) is 1. The fourth-order valence-electron chi connectivity index (χ4n) is 3.54. The van der Waals surface area contributed by atoms with Gasteiger partial charge in [-0.3, -0.25) is 4.99 Å². The molecule has 6 nitrogen and oxygen atoms in total. The van der Waals surface area contributed by atoms with Gasteiger partial charge in [0.1, 0.15) is 13.2 Å². The Balaban J connectivity index is 1.50. The molecule has 0 bridgehead atoms. The van der Waals surface area contributed by atoms with Crippen molar-refractivity contribution in [3.63, 3.8) is 0 Å². The highest BCUT2D eigenvalue weighted by Crippen LogP contribution is 2.40. The number of rotatable bonds is 5. The van der Waals surface area contributed by atoms with Gasteiger partial charge in [0.05, 0.1) is 21.1 Å². The molecular formula is C24H19Cl2N3O3. The Morgan fingerprint density at radius 1 is 1.06 bits per heavy atom. The number of benzene rings is 3. The summed E-state index contributed by atoms with van der Waals surface area (Å²) in [5.74, 6) is 1.99. The third kappa shape index (κ3) is 3.87. The fourth-order valence-corrected chi connectivity index (χ4v) is 4.03. The van der Waals surface area contributed by atoms with E-state index in [4.69, 9.17) is 37.2 Å². The SMILES string of the molecule is CCN=Cc1cc2c(Nc3cccc(-c4ccc5c(c4)OCCO5)c3Cl)noc2cc1Cl. The lowest BCUT2D eigenvalue weighted by Gasteiger charge is -2.19. The molecule has 0 unspecified atom stereocenters. The minimum absolute atomic E-state index is 0.528. The smallest absolute Gasteiger partial charge is 0.181 e. The van der Waals surface area contributed by atoms with E-state index < -0.39 is 0 Å². The van der Waals surface area contributed by atoms with Crippen molar-refractivity contribution < 1.29 is 14.0 Å². The van der Waals surface area contributed by atoms with E-state index in [0.29, 0.717) is 52.6 Å². The summed E-state index contributed by atoms with van der Waals surface area (Å²) in [7, 11) is 0. The highest BCUT2D eigenvalue weighted by Gasteiger charge is 2.17. The monoisotopic (exact) mass is 467 g/mol. The van der Waals surface area contributed by atoms with Crippen molar-refractivity contribution in [2.24, 2.45) is 4.99 Å². The Bertz CT molecular complexity index is 1330. The van der Waals surface area contributed by atoms with Crippen molar-refractivity contribution in [2.45, 2.75) is 6.92 Å². The van der Waals surface area contributed by atoms with E-state index in [-0.39, 0.29) is 0 Å². The normalized spacial score (nSPS) is 13.1. The van der Waals surface area contributed by atoms with E-state index >= 15 is 0 Å². The standard InChI is InChI=1S/C24H19Cl2N3O3/c1-2-27-13-15-10-17-21(12-18(15)25)32-29-24(17)28-19-5-3-4-16(23(19)26)14-6-7-20-22(11-14)31-9-8-30-20/h3-7,10-13H,2,8-9H2,1H3,(H,28,29). The predicted octanol–water partition coefficient (Wildman–Crippen LogP) is 6.76. The molecule has 8 heteroatoms. The first-order valence-electron chi connectivity index (χ1n) is 10.2. The molecule has 1 aliphatic rings. The Morgan fingerprint density at radius 3 is 2.75 bits per heavy atom. The molecule has 0 saturated carbocycles. The summed E-state index contributed by atoms with van der Waals surface area (Å²) < 4.78 is 16.8. The number of nitrogens with one attached hydrogen (secondary N) is 1. The van der Waals surface area contributed by atoms with Gasteiger partial charge in [0.15, 0.2) is 22.9 Å². The van der Waals surface area contributed by atoms with Crippen molar-refractivity contribution in [1.82, 2.24) is 5.16 Å². The number of aromatic nitrogens is 1. The zero-order valence-corrected chi connectivity index (χ0v) is 18.7. The molecule has 2 heterocycles. The highest BCUT2D eigenvalue weighted by atomic mass is 35.5. The lowest BCUT2D eigenvalue weighted by atomic mass is 10.0. The van der Waals surface area contributed by atoms with E-state index in [1.54, 1.807) is 12.3 Å². The van der Waals surface area contributed by atoms with Gasteiger partial charge in [-0.05, 0) is 36.8 Å². The number of anilines is 2. The lowest BCUT2D eigenvalue weighted by molar-refractivity contribution is 0.171. The van der Waals surface area contributed by atoms with Crippen LogP contribution in [0.4, 0.5) is 11.5 Å². The number of halogens is 2. The van der Waals surface area contributed by atoms with Crippen LogP contribution in [0, 0.1) is 0 Å². The van der Waals surface area contributed by atoms with Gasteiger partial charge < -0.3 is 19.3 Å². The molecule has 1 N–H and O–H groups in total. The molecule has 1 aliphatic heterocycles. The zero-order chi connectivity index (χ0) is 22.1. The van der Waals surface area contributed by atoms with Crippen molar-refractivity contribution in [3.05, 3.63) is 64.1 Å². The Morgan fingerprint density at radius 2 is 1.91 bits per heavy atom. The molecule has 0 radical (unpaired) electrons. The number of nitrogens with zero attached hydrogens (tertiary/aromatic N) is 2. The van der Waals surface area contributed by atoms with E-state index in [1.807, 2.05) is 49.4 Å². The van der Waals surface area contributed by atoms with Crippen LogP contribution in [0.2, 0.25) is 10.0 Å². The van der Waals surface area contributed by atoms with Crippen LogP contribution in [0.5, 0.6) is 11.5 Å². The minimum atomic E-state index is 0.528. The Hall–Kier alpha value is -3.22. The Kier molecular flexibility index (Phi) is 5.64. The topological polar surface area (TPSA) is 68.9 Å². The van der Waals surface area contributed by atoms with Crippen LogP contribution >= 0.6 is 23.2 Å². The van der Waals surface area contributed by atoms with Gasteiger partial charge >= 0.3 is 0 Å². The lowest BCUT2D eigenvalue weighted by Crippen LogP contribution is -2.15. The van der Waals surface area contributed by atoms with Gasteiger partial charge in [0, 0.05) is 30.0 Å². The maximum atomic E-state index is 6.78. The quantitative estimate of drug-likeness (QED) is 0.328. The van der Waals surface area contributed by atoms with E-state index in [0.717, 1.165) is 27.8 Å². The molecule has 3 aromatic carbocycles. The molecule has 0 aliphatic carbocycles. The molecule has 1 aromatic heterocycles. The molecule has 32 heavy (non-hydrogen) atoms. The third-order valence-corrected chi connectivity index (χ3v) is 5.84. The van der Waals surface area contributed by atoms with Crippen LogP contribution in [0.3, 0.4) is 0 Å². The molecule has 0 fully saturated rings. The predicted molar refractivity (Wildman–Crippen MR) is 128 cm³/mol. The fraction of sp³-hybridized carbons (Fsp3) is 0.167. The van der Waals surface area contributed by atoms with Gasteiger partial charge in [-0.2, -0.15) is 0 Å². The van der Waals surface area contributed by atoms with Crippen LogP contribution in [0.15, 0.2) is 58.0 Å². The highest BCUT2D eigenvalue weighted by molar-refractivity contribution is 6.36. The van der Waals surface area contributed by atoms with E-state index in [2.05, 4.69) is 15.5 Å². The molecule has 0 spiro atoms. The average molecular weight is 468 g/mol. The first-order chi connectivity index (χ1) is 15.6. The largest absolute Gasteiger partial charge is 0.486 e. The van der Waals surface area contributed by atoms with E-state index in [1.165, 1.54) is 0 Å². The number of hydrogen-bond acceptors (Lipinski definition) is 6. The molecule has 0 atom stereocenters. The second-order valence-corrected chi connectivity index (χ2v) is 7.96. The van der Waals surface area contributed by atoms with Crippen LogP contribution < -0.4 is 14.8 Å². The van der Waals surface area contributed by atoms with E-state index in [9.17, 15) is 0 Å². The molecule has 0 saturated heterocycles. The van der Waals surface area contributed by atoms with Crippen LogP contribution in [-0.4, -0.2) is 31.1 Å². The third-order valence-electron chi connectivity index (χ3n) is 5.11. The maximum Gasteiger partial charge on any atom is 0.181 e. The molecule has 162 valence electrons. The van der Waals surface area contributed by atoms with Crippen LogP contribution in [-0.2, 0) is 0 Å². The number of ether oxygens (including phenoxy) is 2. The molecule has 0 amide bonds. The summed E-state index contributed by atoms with van der Waals surface area (Å²) in [6, 6.07) is 15.2. The summed E-state index contributed by atoms with van der Waals surface area (Å²) in [5.41, 5.74) is 3.86. The first kappa shape index (κ1) is 20.7. The molecule has 4 aromatic rings. The van der Waals surface area contributed by atoms with Gasteiger partial charge in [0.2, 0.25) is 0 Å². The maximum absolute atomic E-state index is 6.78.